The molecule has 1 fully saturated rings. The van der Waals surface area contributed by atoms with Crippen LogP contribution < -0.4 is 11.1 Å². The maximum Gasteiger partial charge on any atom is 0.407 e. The zero-order valence-corrected chi connectivity index (χ0v) is 11.4. The Kier molecular flexibility index (Phi) is 4.28. The van der Waals surface area contributed by atoms with E-state index in [9.17, 15) is 9.59 Å². The van der Waals surface area contributed by atoms with Crippen LogP contribution in [0.4, 0.5) is 16.2 Å². The van der Waals surface area contributed by atoms with Gasteiger partial charge >= 0.3 is 6.09 Å². The third kappa shape index (κ3) is 3.42. The zero-order chi connectivity index (χ0) is 15.4. The van der Waals surface area contributed by atoms with Gasteiger partial charge < -0.3 is 21.1 Å². The summed E-state index contributed by atoms with van der Waals surface area (Å²) >= 11 is 0. The van der Waals surface area contributed by atoms with Crippen LogP contribution in [-0.4, -0.2) is 35.1 Å². The molecule has 1 aromatic carbocycles. The average molecular weight is 288 g/mol. The van der Waals surface area contributed by atoms with E-state index in [4.69, 9.17) is 16.1 Å². The Balaban J connectivity index is 1.97. The van der Waals surface area contributed by atoms with Crippen LogP contribution in [0.2, 0.25) is 0 Å². The van der Waals surface area contributed by atoms with Gasteiger partial charge in [-0.15, -0.1) is 0 Å². The van der Waals surface area contributed by atoms with Crippen LogP contribution in [0.15, 0.2) is 18.2 Å². The molecule has 7 nitrogen and oxygen atoms in total. The minimum atomic E-state index is -0.954. The fraction of sp³-hybridized carbons (Fsp3) is 0.357. The van der Waals surface area contributed by atoms with Gasteiger partial charge in [0.15, 0.2) is 0 Å². The first-order valence-corrected chi connectivity index (χ1v) is 6.59. The highest BCUT2D eigenvalue weighted by Gasteiger charge is 2.27. The van der Waals surface area contributed by atoms with E-state index < -0.39 is 6.09 Å². The second-order valence-corrected chi connectivity index (χ2v) is 4.95. The second kappa shape index (κ2) is 6.13. The van der Waals surface area contributed by atoms with Crippen molar-refractivity contribution in [3.63, 3.8) is 0 Å². The molecule has 0 spiro atoms. The van der Waals surface area contributed by atoms with E-state index in [1.807, 2.05) is 6.07 Å². The van der Waals surface area contributed by atoms with E-state index >= 15 is 0 Å². The summed E-state index contributed by atoms with van der Waals surface area (Å²) in [6.45, 7) is 0.715. The molecule has 0 radical (unpaired) electrons. The summed E-state index contributed by atoms with van der Waals surface area (Å²) in [5.41, 5.74) is 7.03. The van der Waals surface area contributed by atoms with Crippen LogP contribution in [-0.2, 0) is 4.79 Å². The molecule has 21 heavy (non-hydrogen) atoms. The molecule has 1 aliphatic rings. The van der Waals surface area contributed by atoms with Crippen molar-refractivity contribution in [2.24, 2.45) is 5.92 Å². The van der Waals surface area contributed by atoms with Crippen molar-refractivity contribution < 1.29 is 14.7 Å². The molecule has 110 valence electrons. The van der Waals surface area contributed by atoms with Crippen LogP contribution in [0.3, 0.4) is 0 Å². The van der Waals surface area contributed by atoms with E-state index in [0.29, 0.717) is 42.9 Å². The van der Waals surface area contributed by atoms with Gasteiger partial charge in [-0.2, -0.15) is 5.26 Å². The molecule has 0 bridgehead atoms. The van der Waals surface area contributed by atoms with E-state index in [1.165, 1.54) is 11.0 Å². The van der Waals surface area contributed by atoms with Crippen LogP contribution in [0.5, 0.6) is 0 Å². The topological polar surface area (TPSA) is 119 Å². The average Bonchev–Trinajstić information content (AvgIpc) is 2.49. The molecule has 2 rings (SSSR count). The number of nitrogen functional groups attached to an aromatic ring is 1. The third-order valence-electron chi connectivity index (χ3n) is 3.57. The fourth-order valence-electron chi connectivity index (χ4n) is 2.31. The van der Waals surface area contributed by atoms with Gasteiger partial charge in [-0.3, -0.25) is 4.79 Å². The lowest BCUT2D eigenvalue weighted by atomic mass is 9.96. The lowest BCUT2D eigenvalue weighted by Crippen LogP contribution is -2.40. The van der Waals surface area contributed by atoms with Crippen LogP contribution in [0.25, 0.3) is 0 Å². The molecule has 1 aromatic rings. The summed E-state index contributed by atoms with van der Waals surface area (Å²) in [6, 6.07) is 6.65. The number of carbonyl (C=O) groups excluding carboxylic acids is 1. The van der Waals surface area contributed by atoms with Crippen molar-refractivity contribution >= 4 is 23.4 Å². The number of nitrogens with two attached hydrogens (primary N) is 1. The smallest absolute Gasteiger partial charge is 0.407 e. The lowest BCUT2D eigenvalue weighted by molar-refractivity contribution is -0.121. The van der Waals surface area contributed by atoms with Crippen molar-refractivity contribution in [3.05, 3.63) is 23.8 Å². The standard InChI is InChI=1S/C14H16N4O3/c15-8-9-1-2-12(11(16)7-9)17-13(19)10-3-5-18(6-4-10)14(20)21/h1-2,7,10H,3-6,16H2,(H,17,19)(H,20,21). The van der Waals surface area contributed by atoms with Gasteiger partial charge in [-0.05, 0) is 31.0 Å². The molecule has 2 amide bonds. The molecule has 0 aliphatic carbocycles. The van der Waals surface area contributed by atoms with Crippen molar-refractivity contribution in [2.45, 2.75) is 12.8 Å². The van der Waals surface area contributed by atoms with Crippen molar-refractivity contribution in [1.82, 2.24) is 4.90 Å². The molecule has 0 aromatic heterocycles. The summed E-state index contributed by atoms with van der Waals surface area (Å²) in [5, 5.41) is 20.4. The minimum absolute atomic E-state index is 0.170. The predicted octanol–water partition coefficient (Wildman–Crippen LogP) is 1.47. The molecule has 0 unspecified atom stereocenters. The molecule has 4 N–H and O–H groups in total. The molecule has 0 atom stereocenters. The Morgan fingerprint density at radius 2 is 2.05 bits per heavy atom. The SMILES string of the molecule is N#Cc1ccc(NC(=O)C2CCN(C(=O)O)CC2)c(N)c1. The molecule has 7 heteroatoms. The first kappa shape index (κ1) is 14.7. The van der Waals surface area contributed by atoms with Gasteiger partial charge in [0.05, 0.1) is 23.0 Å². The molecule has 1 aliphatic heterocycles. The number of hydrogen-bond donors (Lipinski definition) is 3. The lowest BCUT2D eigenvalue weighted by Gasteiger charge is -2.29. The number of anilines is 2. The fourth-order valence-corrected chi connectivity index (χ4v) is 2.31. The normalized spacial score (nSPS) is 15.3. The first-order chi connectivity index (χ1) is 10.0. The highest BCUT2D eigenvalue weighted by Crippen LogP contribution is 2.23. The highest BCUT2D eigenvalue weighted by molar-refractivity contribution is 5.95. The maximum atomic E-state index is 12.2. The quantitative estimate of drug-likeness (QED) is 0.712. The number of amides is 2. The number of rotatable bonds is 2. The molecular formula is C14H16N4O3. The third-order valence-corrected chi connectivity index (χ3v) is 3.57. The maximum absolute atomic E-state index is 12.2. The van der Waals surface area contributed by atoms with Crippen molar-refractivity contribution in [3.8, 4) is 6.07 Å². The molecular weight excluding hydrogens is 272 g/mol. The predicted molar refractivity (Wildman–Crippen MR) is 76.5 cm³/mol. The van der Waals surface area contributed by atoms with Crippen molar-refractivity contribution in [2.75, 3.05) is 24.1 Å². The highest BCUT2D eigenvalue weighted by atomic mass is 16.4. The second-order valence-electron chi connectivity index (χ2n) is 4.95. The zero-order valence-electron chi connectivity index (χ0n) is 11.4. The van der Waals surface area contributed by atoms with Gasteiger partial charge in [-0.25, -0.2) is 4.79 Å². The Labute approximate surface area is 122 Å². The number of carboxylic acid groups (broad SMARTS) is 1. The number of likely N-dealkylation sites (tertiary alicyclic amines) is 1. The van der Waals surface area contributed by atoms with E-state index in [1.54, 1.807) is 12.1 Å². The molecule has 1 heterocycles. The first-order valence-electron chi connectivity index (χ1n) is 6.59. The Hall–Kier alpha value is -2.75. The van der Waals surface area contributed by atoms with Gasteiger partial charge in [0, 0.05) is 19.0 Å². The van der Waals surface area contributed by atoms with Crippen LogP contribution in [0, 0.1) is 17.2 Å². The Morgan fingerprint density at radius 1 is 1.38 bits per heavy atom. The summed E-state index contributed by atoms with van der Waals surface area (Å²) in [4.78, 5) is 24.3. The summed E-state index contributed by atoms with van der Waals surface area (Å²) in [6.07, 6.45) is 0.0352. The summed E-state index contributed by atoms with van der Waals surface area (Å²) < 4.78 is 0. The van der Waals surface area contributed by atoms with Gasteiger partial charge in [0.25, 0.3) is 0 Å². The monoisotopic (exact) mass is 288 g/mol. The van der Waals surface area contributed by atoms with Crippen LogP contribution in [0.1, 0.15) is 18.4 Å². The Bertz CT molecular complexity index is 601. The summed E-state index contributed by atoms with van der Waals surface area (Å²) in [5.74, 6) is -0.396. The molecule has 1 saturated heterocycles. The summed E-state index contributed by atoms with van der Waals surface area (Å²) in [7, 11) is 0. The number of carbonyl (C=O) groups is 2. The number of piperidine rings is 1. The molecule has 0 saturated carbocycles. The van der Waals surface area contributed by atoms with E-state index in [0.717, 1.165) is 0 Å². The van der Waals surface area contributed by atoms with Gasteiger partial charge in [0.1, 0.15) is 0 Å². The minimum Gasteiger partial charge on any atom is -0.465 e. The van der Waals surface area contributed by atoms with Gasteiger partial charge in [0.2, 0.25) is 5.91 Å². The number of nitrogens with one attached hydrogen (secondary N) is 1. The number of nitrogens with zero attached hydrogens (tertiary/aromatic N) is 2. The number of nitriles is 1. The van der Waals surface area contributed by atoms with Gasteiger partial charge in [-0.1, -0.05) is 0 Å². The largest absolute Gasteiger partial charge is 0.465 e. The number of hydrogen-bond acceptors (Lipinski definition) is 4. The van der Waals surface area contributed by atoms with E-state index in [2.05, 4.69) is 5.32 Å². The van der Waals surface area contributed by atoms with E-state index in [-0.39, 0.29) is 11.8 Å². The van der Waals surface area contributed by atoms with Crippen LogP contribution >= 0.6 is 0 Å². The van der Waals surface area contributed by atoms with Crippen molar-refractivity contribution in [1.29, 1.82) is 5.26 Å². The number of benzene rings is 1. The Morgan fingerprint density at radius 3 is 2.57 bits per heavy atom.